The van der Waals surface area contributed by atoms with E-state index in [-0.39, 0.29) is 11.3 Å². The van der Waals surface area contributed by atoms with E-state index in [9.17, 15) is 4.79 Å². The zero-order valence-corrected chi connectivity index (χ0v) is 12.6. The molecule has 2 atom stereocenters. The van der Waals surface area contributed by atoms with E-state index in [1.54, 1.807) is 11.8 Å². The predicted molar refractivity (Wildman–Crippen MR) is 81.9 cm³/mol. The largest absolute Gasteiger partial charge is 0.315 e. The lowest BCUT2D eigenvalue weighted by molar-refractivity contribution is -0.128. The Bertz CT molecular complexity index is 490. The van der Waals surface area contributed by atoms with Crippen LogP contribution in [0.5, 0.6) is 0 Å². The number of amides is 1. The summed E-state index contributed by atoms with van der Waals surface area (Å²) in [4.78, 5) is 18.2. The number of pyridine rings is 1. The summed E-state index contributed by atoms with van der Waals surface area (Å²) in [6.07, 6.45) is 8.40. The smallest absolute Gasteiger partial charge is 0.233 e. The molecular formula is C15H21N3OS. The lowest BCUT2D eigenvalue weighted by atomic mass is 9.67. The first-order valence-corrected chi connectivity index (χ1v) is 8.49. The Morgan fingerprint density at radius 3 is 3.15 bits per heavy atom. The summed E-state index contributed by atoms with van der Waals surface area (Å²) in [6.45, 7) is 1.79. The molecule has 0 aromatic carbocycles. The number of nitrogens with zero attached hydrogens (tertiary/aromatic N) is 1. The van der Waals surface area contributed by atoms with Crippen LogP contribution >= 0.6 is 11.8 Å². The third-order valence-electron chi connectivity index (χ3n) is 4.70. The second-order valence-electron chi connectivity index (χ2n) is 5.77. The number of hydrogen-bond donors (Lipinski definition) is 2. The van der Waals surface area contributed by atoms with Crippen molar-refractivity contribution in [2.75, 3.05) is 24.7 Å². The maximum absolute atomic E-state index is 12.7. The minimum Gasteiger partial charge on any atom is -0.315 e. The molecule has 1 aliphatic heterocycles. The Labute approximate surface area is 124 Å². The molecule has 0 unspecified atom stereocenters. The summed E-state index contributed by atoms with van der Waals surface area (Å²) in [5.74, 6) is 1.30. The topological polar surface area (TPSA) is 54.0 Å². The van der Waals surface area contributed by atoms with Crippen molar-refractivity contribution < 1.29 is 4.79 Å². The third kappa shape index (κ3) is 2.44. The first-order chi connectivity index (χ1) is 9.74. The van der Waals surface area contributed by atoms with Gasteiger partial charge in [0.15, 0.2) is 0 Å². The van der Waals surface area contributed by atoms with Gasteiger partial charge in [-0.25, -0.2) is 4.98 Å². The quantitative estimate of drug-likeness (QED) is 0.840. The average Bonchev–Trinajstić information content (AvgIpc) is 2.93. The van der Waals surface area contributed by atoms with Crippen molar-refractivity contribution >= 4 is 23.5 Å². The van der Waals surface area contributed by atoms with Crippen LogP contribution in [0.4, 0.5) is 5.82 Å². The molecule has 1 aromatic rings. The Morgan fingerprint density at radius 2 is 2.40 bits per heavy atom. The van der Waals surface area contributed by atoms with Gasteiger partial charge in [0.1, 0.15) is 5.82 Å². The molecule has 2 aliphatic rings. The van der Waals surface area contributed by atoms with E-state index in [2.05, 4.69) is 15.6 Å². The van der Waals surface area contributed by atoms with Crippen molar-refractivity contribution in [3.8, 4) is 0 Å². The standard InChI is InChI=1S/C15H21N3OS/c1-20-12-5-6-13(17-9-12)18-14(19)15-7-3-2-4-11(15)8-16-10-15/h5-6,9,11,16H,2-4,7-8,10H2,1H3,(H,17,18,19)/t11-,15+/m0/s1. The van der Waals surface area contributed by atoms with Gasteiger partial charge < -0.3 is 10.6 Å². The number of carbonyl (C=O) groups excluding carboxylic acids is 1. The molecule has 0 radical (unpaired) electrons. The molecule has 2 heterocycles. The predicted octanol–water partition coefficient (Wildman–Crippen LogP) is 2.52. The van der Waals surface area contributed by atoms with Gasteiger partial charge in [-0.05, 0) is 43.7 Å². The SMILES string of the molecule is CSc1ccc(NC(=O)[C@@]23CCCC[C@H]2CNC3)nc1. The van der Waals surface area contributed by atoms with E-state index in [1.807, 2.05) is 24.6 Å². The van der Waals surface area contributed by atoms with Gasteiger partial charge >= 0.3 is 0 Å². The van der Waals surface area contributed by atoms with E-state index in [0.29, 0.717) is 11.7 Å². The Morgan fingerprint density at radius 1 is 1.50 bits per heavy atom. The first kappa shape index (κ1) is 13.9. The minimum absolute atomic E-state index is 0.150. The normalized spacial score (nSPS) is 28.9. The van der Waals surface area contributed by atoms with Crippen LogP contribution in [-0.4, -0.2) is 30.2 Å². The highest BCUT2D eigenvalue weighted by Crippen LogP contribution is 2.44. The molecule has 2 fully saturated rings. The number of rotatable bonds is 3. The summed E-state index contributed by atoms with van der Waals surface area (Å²) in [7, 11) is 0. The molecule has 2 N–H and O–H groups in total. The van der Waals surface area contributed by atoms with Crippen molar-refractivity contribution in [3.05, 3.63) is 18.3 Å². The van der Waals surface area contributed by atoms with Gasteiger partial charge in [0.05, 0.1) is 5.41 Å². The van der Waals surface area contributed by atoms with Gasteiger partial charge in [-0.15, -0.1) is 11.8 Å². The van der Waals surface area contributed by atoms with Crippen LogP contribution in [0.1, 0.15) is 25.7 Å². The van der Waals surface area contributed by atoms with Gasteiger partial charge in [0.25, 0.3) is 0 Å². The lowest BCUT2D eigenvalue weighted by Crippen LogP contribution is -2.44. The van der Waals surface area contributed by atoms with E-state index < -0.39 is 0 Å². The number of anilines is 1. The molecule has 1 amide bonds. The molecule has 3 rings (SSSR count). The van der Waals surface area contributed by atoms with Crippen molar-refractivity contribution in [1.29, 1.82) is 0 Å². The summed E-state index contributed by atoms with van der Waals surface area (Å²) in [6, 6.07) is 3.89. The molecule has 1 saturated heterocycles. The zero-order valence-electron chi connectivity index (χ0n) is 11.8. The van der Waals surface area contributed by atoms with Crippen LogP contribution in [0.15, 0.2) is 23.2 Å². The van der Waals surface area contributed by atoms with Crippen molar-refractivity contribution in [2.24, 2.45) is 11.3 Å². The molecule has 4 nitrogen and oxygen atoms in total. The molecule has 0 bridgehead atoms. The van der Waals surface area contributed by atoms with Crippen LogP contribution in [0.2, 0.25) is 0 Å². The average molecular weight is 291 g/mol. The Balaban J connectivity index is 1.74. The number of nitrogens with one attached hydrogen (secondary N) is 2. The Hall–Kier alpha value is -1.07. The summed E-state index contributed by atoms with van der Waals surface area (Å²) in [5, 5.41) is 6.43. The van der Waals surface area contributed by atoms with Crippen LogP contribution in [0, 0.1) is 11.3 Å². The minimum atomic E-state index is -0.210. The fraction of sp³-hybridized carbons (Fsp3) is 0.600. The van der Waals surface area contributed by atoms with E-state index in [4.69, 9.17) is 0 Å². The van der Waals surface area contributed by atoms with E-state index >= 15 is 0 Å². The number of carbonyl (C=O) groups is 1. The fourth-order valence-corrected chi connectivity index (χ4v) is 3.87. The van der Waals surface area contributed by atoms with Crippen LogP contribution in [-0.2, 0) is 4.79 Å². The van der Waals surface area contributed by atoms with Crippen molar-refractivity contribution in [1.82, 2.24) is 10.3 Å². The summed E-state index contributed by atoms with van der Waals surface area (Å²) < 4.78 is 0. The van der Waals surface area contributed by atoms with Crippen LogP contribution in [0.25, 0.3) is 0 Å². The molecule has 1 aliphatic carbocycles. The summed E-state index contributed by atoms with van der Waals surface area (Å²) >= 11 is 1.65. The maximum atomic E-state index is 12.7. The molecule has 1 aromatic heterocycles. The zero-order chi connectivity index (χ0) is 14.0. The highest BCUT2D eigenvalue weighted by molar-refractivity contribution is 7.98. The fourth-order valence-electron chi connectivity index (χ4n) is 3.51. The van der Waals surface area contributed by atoms with Crippen molar-refractivity contribution in [3.63, 3.8) is 0 Å². The van der Waals surface area contributed by atoms with Gasteiger partial charge in [0, 0.05) is 17.6 Å². The molecule has 5 heteroatoms. The molecular weight excluding hydrogens is 270 g/mol. The van der Waals surface area contributed by atoms with Gasteiger partial charge in [-0.1, -0.05) is 12.8 Å². The monoisotopic (exact) mass is 291 g/mol. The number of hydrogen-bond acceptors (Lipinski definition) is 4. The molecule has 1 saturated carbocycles. The van der Waals surface area contributed by atoms with E-state index in [0.717, 1.165) is 30.8 Å². The molecule has 20 heavy (non-hydrogen) atoms. The third-order valence-corrected chi connectivity index (χ3v) is 5.42. The van der Waals surface area contributed by atoms with Crippen LogP contribution in [0.3, 0.4) is 0 Å². The number of thioether (sulfide) groups is 1. The molecule has 108 valence electrons. The summed E-state index contributed by atoms with van der Waals surface area (Å²) in [5.41, 5.74) is -0.210. The molecule has 0 spiro atoms. The first-order valence-electron chi connectivity index (χ1n) is 7.27. The van der Waals surface area contributed by atoms with Crippen LogP contribution < -0.4 is 10.6 Å². The number of aromatic nitrogens is 1. The van der Waals surface area contributed by atoms with E-state index in [1.165, 1.54) is 12.8 Å². The van der Waals surface area contributed by atoms with Crippen molar-refractivity contribution in [2.45, 2.75) is 30.6 Å². The lowest BCUT2D eigenvalue weighted by Gasteiger charge is -2.36. The Kier molecular flexibility index (Phi) is 3.98. The second-order valence-corrected chi connectivity index (χ2v) is 6.65. The van der Waals surface area contributed by atoms with Gasteiger partial charge in [-0.3, -0.25) is 4.79 Å². The highest BCUT2D eigenvalue weighted by atomic mass is 32.2. The van der Waals surface area contributed by atoms with Gasteiger partial charge in [-0.2, -0.15) is 0 Å². The number of fused-ring (bicyclic) bond motifs is 1. The van der Waals surface area contributed by atoms with Gasteiger partial charge in [0.2, 0.25) is 5.91 Å². The second kappa shape index (κ2) is 5.74. The highest BCUT2D eigenvalue weighted by Gasteiger charge is 2.49. The maximum Gasteiger partial charge on any atom is 0.233 e.